The molecule has 0 heterocycles. The summed E-state index contributed by atoms with van der Waals surface area (Å²) in [5, 5.41) is 3.59. The molecule has 3 heteroatoms. The minimum absolute atomic E-state index is 1.44. The fourth-order valence-corrected chi connectivity index (χ4v) is 0.158. The van der Waals surface area contributed by atoms with Gasteiger partial charge in [0, 0.05) is 13.3 Å². The highest BCUT2D eigenvalue weighted by Crippen LogP contribution is 1.53. The van der Waals surface area contributed by atoms with Crippen molar-refractivity contribution in [2.24, 2.45) is 10.1 Å². The molecule has 3 nitrogen and oxygen atoms in total. The highest BCUT2D eigenvalue weighted by atomic mass is 15.3. The van der Waals surface area contributed by atoms with Crippen molar-refractivity contribution in [3.05, 3.63) is 0 Å². The highest BCUT2D eigenvalue weighted by molar-refractivity contribution is 5.70. The van der Waals surface area contributed by atoms with Gasteiger partial charge >= 0.3 is 0 Å². The third kappa shape index (κ3) is 5.14. The number of nitrogens with one attached hydrogen (secondary N) is 1. The van der Waals surface area contributed by atoms with E-state index in [0.717, 1.165) is 0 Å². The van der Waals surface area contributed by atoms with Gasteiger partial charge in [0.05, 0.1) is 0 Å². The quantitative estimate of drug-likeness (QED) is 0.300. The molecule has 0 aliphatic rings. The number of hydrogen-bond donors (Lipinski definition) is 1. The SMILES string of the molecule is C/C=N\C=N/NC. The van der Waals surface area contributed by atoms with Gasteiger partial charge in [0.15, 0.2) is 0 Å². The first kappa shape index (κ1) is 6.14. The van der Waals surface area contributed by atoms with Gasteiger partial charge in [-0.1, -0.05) is 0 Å². The maximum atomic E-state index is 3.68. The molecular formula is C4H9N3. The predicted octanol–water partition coefficient (Wildman–Crippen LogP) is 0.240. The van der Waals surface area contributed by atoms with Gasteiger partial charge in [0.2, 0.25) is 0 Å². The fraction of sp³-hybridized carbons (Fsp3) is 0.500. The maximum absolute atomic E-state index is 3.68. The van der Waals surface area contributed by atoms with Crippen LogP contribution < -0.4 is 5.43 Å². The summed E-state index contributed by atoms with van der Waals surface area (Å²) in [4.78, 5) is 3.68. The fourth-order valence-electron chi connectivity index (χ4n) is 0.158. The van der Waals surface area contributed by atoms with Crippen LogP contribution in [0.4, 0.5) is 0 Å². The number of hydrazone groups is 1. The van der Waals surface area contributed by atoms with E-state index in [-0.39, 0.29) is 0 Å². The van der Waals surface area contributed by atoms with E-state index in [1.54, 1.807) is 13.3 Å². The topological polar surface area (TPSA) is 36.8 Å². The van der Waals surface area contributed by atoms with E-state index >= 15 is 0 Å². The lowest BCUT2D eigenvalue weighted by molar-refractivity contribution is 0.905. The predicted molar refractivity (Wildman–Crippen MR) is 31.7 cm³/mol. The first-order valence-corrected chi connectivity index (χ1v) is 2.08. The molecule has 0 radical (unpaired) electrons. The van der Waals surface area contributed by atoms with Crippen LogP contribution in [0.15, 0.2) is 10.1 Å². The zero-order valence-corrected chi connectivity index (χ0v) is 4.55. The van der Waals surface area contributed by atoms with Crippen molar-refractivity contribution < 1.29 is 0 Å². The number of rotatable bonds is 2. The van der Waals surface area contributed by atoms with Crippen LogP contribution in [-0.4, -0.2) is 19.6 Å². The van der Waals surface area contributed by atoms with E-state index in [4.69, 9.17) is 0 Å². The number of hydrogen-bond acceptors (Lipinski definition) is 2. The molecular weight excluding hydrogens is 90.1 g/mol. The van der Waals surface area contributed by atoms with Crippen LogP contribution in [0, 0.1) is 0 Å². The normalized spacial score (nSPS) is 11.1. The molecule has 0 fully saturated rings. The van der Waals surface area contributed by atoms with Crippen molar-refractivity contribution >= 4 is 12.6 Å². The largest absolute Gasteiger partial charge is 0.312 e. The molecule has 0 aromatic carbocycles. The summed E-state index contributed by atoms with van der Waals surface area (Å²) >= 11 is 0. The van der Waals surface area contributed by atoms with Crippen LogP contribution in [0.5, 0.6) is 0 Å². The lowest BCUT2D eigenvalue weighted by Gasteiger charge is -1.77. The Balaban J connectivity index is 3.09. The molecule has 40 valence electrons. The zero-order chi connectivity index (χ0) is 5.54. The molecule has 0 atom stereocenters. The van der Waals surface area contributed by atoms with Crippen LogP contribution in [0.25, 0.3) is 0 Å². The Morgan fingerprint density at radius 3 is 2.71 bits per heavy atom. The molecule has 0 spiro atoms. The average Bonchev–Trinajstić information content (AvgIpc) is 1.69. The van der Waals surface area contributed by atoms with Crippen molar-refractivity contribution in [3.8, 4) is 0 Å². The summed E-state index contributed by atoms with van der Waals surface area (Å²) in [5.74, 6) is 0. The Labute approximate surface area is 43.1 Å². The Morgan fingerprint density at radius 1 is 1.57 bits per heavy atom. The van der Waals surface area contributed by atoms with Crippen LogP contribution in [0.2, 0.25) is 0 Å². The minimum atomic E-state index is 1.44. The van der Waals surface area contributed by atoms with Crippen LogP contribution >= 0.6 is 0 Å². The second-order valence-electron chi connectivity index (χ2n) is 0.875. The average molecular weight is 99.1 g/mol. The van der Waals surface area contributed by atoms with Gasteiger partial charge in [0.1, 0.15) is 6.34 Å². The van der Waals surface area contributed by atoms with Gasteiger partial charge in [0.25, 0.3) is 0 Å². The van der Waals surface area contributed by atoms with Gasteiger partial charge in [-0.15, -0.1) is 0 Å². The van der Waals surface area contributed by atoms with E-state index in [2.05, 4.69) is 15.5 Å². The Morgan fingerprint density at radius 2 is 2.29 bits per heavy atom. The molecule has 0 saturated heterocycles. The van der Waals surface area contributed by atoms with Crippen molar-refractivity contribution in [2.45, 2.75) is 6.92 Å². The molecule has 0 amide bonds. The molecule has 0 aromatic rings. The minimum Gasteiger partial charge on any atom is -0.312 e. The summed E-state index contributed by atoms with van der Waals surface area (Å²) in [6.45, 7) is 1.84. The van der Waals surface area contributed by atoms with Crippen molar-refractivity contribution in [3.63, 3.8) is 0 Å². The molecule has 0 bridgehead atoms. The van der Waals surface area contributed by atoms with E-state index < -0.39 is 0 Å². The molecule has 0 aliphatic heterocycles. The van der Waals surface area contributed by atoms with Gasteiger partial charge < -0.3 is 5.43 Å². The smallest absolute Gasteiger partial charge is 0.134 e. The zero-order valence-electron chi connectivity index (χ0n) is 4.55. The first-order chi connectivity index (χ1) is 3.41. The maximum Gasteiger partial charge on any atom is 0.134 e. The molecule has 7 heavy (non-hydrogen) atoms. The third-order valence-corrected chi connectivity index (χ3v) is 0.403. The van der Waals surface area contributed by atoms with Gasteiger partial charge in [-0.3, -0.25) is 0 Å². The standard InChI is InChI=1S/C4H9N3/c1-3-6-4-7-5-2/h3-5H,1-2H3/b6-3-,7-4-. The lowest BCUT2D eigenvalue weighted by Crippen LogP contribution is -1.91. The van der Waals surface area contributed by atoms with Crippen molar-refractivity contribution in [1.82, 2.24) is 5.43 Å². The molecule has 0 rings (SSSR count). The van der Waals surface area contributed by atoms with E-state index in [1.165, 1.54) is 6.34 Å². The Kier molecular flexibility index (Phi) is 4.51. The highest BCUT2D eigenvalue weighted by Gasteiger charge is 1.54. The summed E-state index contributed by atoms with van der Waals surface area (Å²) in [7, 11) is 1.72. The third-order valence-electron chi connectivity index (χ3n) is 0.403. The molecule has 1 N–H and O–H groups in total. The van der Waals surface area contributed by atoms with E-state index in [1.807, 2.05) is 6.92 Å². The Bertz CT molecular complexity index is 75.0. The van der Waals surface area contributed by atoms with Crippen LogP contribution in [0.1, 0.15) is 6.92 Å². The van der Waals surface area contributed by atoms with Crippen molar-refractivity contribution in [1.29, 1.82) is 0 Å². The lowest BCUT2D eigenvalue weighted by atomic mass is 10.9. The number of aliphatic imine (C=N–C) groups is 1. The Hall–Kier alpha value is -0.860. The second-order valence-corrected chi connectivity index (χ2v) is 0.875. The van der Waals surface area contributed by atoms with E-state index in [9.17, 15) is 0 Å². The molecule has 0 saturated carbocycles. The van der Waals surface area contributed by atoms with Gasteiger partial charge in [-0.2, -0.15) is 5.10 Å². The first-order valence-electron chi connectivity index (χ1n) is 2.08. The van der Waals surface area contributed by atoms with Gasteiger partial charge in [-0.05, 0) is 6.92 Å². The monoisotopic (exact) mass is 99.1 g/mol. The molecule has 0 aliphatic carbocycles. The van der Waals surface area contributed by atoms with Crippen LogP contribution in [0.3, 0.4) is 0 Å². The summed E-state index contributed by atoms with van der Waals surface area (Å²) in [5.41, 5.74) is 2.56. The molecule has 0 unspecified atom stereocenters. The van der Waals surface area contributed by atoms with E-state index in [0.29, 0.717) is 0 Å². The molecule has 0 aromatic heterocycles. The summed E-state index contributed by atoms with van der Waals surface area (Å²) in [6.07, 6.45) is 3.11. The van der Waals surface area contributed by atoms with Gasteiger partial charge in [-0.25, -0.2) is 4.99 Å². The summed E-state index contributed by atoms with van der Waals surface area (Å²) < 4.78 is 0. The number of nitrogens with zero attached hydrogens (tertiary/aromatic N) is 2. The van der Waals surface area contributed by atoms with Crippen molar-refractivity contribution in [2.75, 3.05) is 7.05 Å². The van der Waals surface area contributed by atoms with Crippen LogP contribution in [-0.2, 0) is 0 Å². The second kappa shape index (κ2) is 5.14. The summed E-state index contributed by atoms with van der Waals surface area (Å²) in [6, 6.07) is 0.